The van der Waals surface area contributed by atoms with Gasteiger partial charge in [0.25, 0.3) is 0 Å². The van der Waals surface area contributed by atoms with Crippen molar-refractivity contribution in [3.63, 3.8) is 0 Å². The highest BCUT2D eigenvalue weighted by Gasteiger charge is 2.11. The molecule has 21 heavy (non-hydrogen) atoms. The van der Waals surface area contributed by atoms with Crippen LogP contribution in [0.1, 0.15) is 23.1 Å². The smallest absolute Gasteiger partial charge is 0.144 e. The molecule has 0 saturated heterocycles. The van der Waals surface area contributed by atoms with E-state index < -0.39 is 0 Å². The fourth-order valence-corrected chi connectivity index (χ4v) is 2.11. The molecule has 108 valence electrons. The van der Waals surface area contributed by atoms with Crippen LogP contribution in [0.25, 0.3) is 0 Å². The maximum atomic E-state index is 12.8. The molecule has 0 spiro atoms. The second-order valence-corrected chi connectivity index (χ2v) is 5.22. The van der Waals surface area contributed by atoms with Crippen LogP contribution in [0.15, 0.2) is 48.5 Å². The lowest BCUT2D eigenvalue weighted by molar-refractivity contribution is -0.126. The third kappa shape index (κ3) is 4.95. The second-order valence-electron chi connectivity index (χ2n) is 5.22. The predicted molar refractivity (Wildman–Crippen MR) is 79.6 cm³/mol. The Kier molecular flexibility index (Phi) is 4.99. The normalized spacial score (nSPS) is 10.4. The molecule has 0 amide bonds. The van der Waals surface area contributed by atoms with Crippen molar-refractivity contribution in [2.45, 2.75) is 26.2 Å². The molecule has 0 N–H and O–H groups in total. The van der Waals surface area contributed by atoms with Gasteiger partial charge in [-0.3, -0.25) is 9.59 Å². The molecule has 0 saturated carbocycles. The van der Waals surface area contributed by atoms with E-state index in [1.807, 2.05) is 31.2 Å². The molecule has 0 aromatic heterocycles. The van der Waals surface area contributed by atoms with Gasteiger partial charge in [0.1, 0.15) is 17.4 Å². The summed E-state index contributed by atoms with van der Waals surface area (Å²) in [5.74, 6) is -0.564. The second kappa shape index (κ2) is 6.93. The lowest BCUT2D eigenvalue weighted by Crippen LogP contribution is -2.12. The molecule has 3 heteroatoms. The molecule has 0 atom stereocenters. The number of aryl methyl sites for hydroxylation is 1. The molecular formula is C18H17FO2. The maximum absolute atomic E-state index is 12.8. The molecule has 0 fully saturated rings. The number of rotatable bonds is 6. The molecule has 0 bridgehead atoms. The van der Waals surface area contributed by atoms with Gasteiger partial charge in [-0.1, -0.05) is 42.0 Å². The summed E-state index contributed by atoms with van der Waals surface area (Å²) in [5.41, 5.74) is 2.78. The van der Waals surface area contributed by atoms with Gasteiger partial charge in [0.15, 0.2) is 0 Å². The summed E-state index contributed by atoms with van der Waals surface area (Å²) in [7, 11) is 0. The number of hydrogen-bond acceptors (Lipinski definition) is 2. The first-order valence-electron chi connectivity index (χ1n) is 6.86. The van der Waals surface area contributed by atoms with Crippen molar-refractivity contribution in [1.82, 2.24) is 0 Å². The Morgan fingerprint density at radius 2 is 1.24 bits per heavy atom. The van der Waals surface area contributed by atoms with E-state index >= 15 is 0 Å². The van der Waals surface area contributed by atoms with Gasteiger partial charge >= 0.3 is 0 Å². The number of Topliss-reactive ketones (excluding diaryl/α,β-unsaturated/α-hetero) is 2. The zero-order chi connectivity index (χ0) is 15.2. The van der Waals surface area contributed by atoms with E-state index in [1.54, 1.807) is 12.1 Å². The molecule has 2 rings (SSSR count). The quantitative estimate of drug-likeness (QED) is 0.761. The SMILES string of the molecule is Cc1ccc(CC(=O)CC(=O)Cc2ccc(F)cc2)cc1. The van der Waals surface area contributed by atoms with Crippen LogP contribution in [0, 0.1) is 12.7 Å². The minimum absolute atomic E-state index is 0.0781. The summed E-state index contributed by atoms with van der Waals surface area (Å²) in [6, 6.07) is 13.5. The molecule has 0 radical (unpaired) electrons. The molecular weight excluding hydrogens is 267 g/mol. The first-order chi connectivity index (χ1) is 10.0. The Hall–Kier alpha value is -2.29. The van der Waals surface area contributed by atoms with Crippen LogP contribution in [-0.4, -0.2) is 11.6 Å². The Morgan fingerprint density at radius 3 is 1.71 bits per heavy atom. The zero-order valence-electron chi connectivity index (χ0n) is 11.9. The van der Waals surface area contributed by atoms with Gasteiger partial charge in [-0.05, 0) is 30.2 Å². The highest BCUT2D eigenvalue weighted by atomic mass is 19.1. The van der Waals surface area contributed by atoms with Crippen molar-refractivity contribution in [3.05, 3.63) is 71.0 Å². The number of hydrogen-bond donors (Lipinski definition) is 0. The van der Waals surface area contributed by atoms with Crippen LogP contribution in [-0.2, 0) is 22.4 Å². The summed E-state index contributed by atoms with van der Waals surface area (Å²) < 4.78 is 12.8. The molecule has 2 nitrogen and oxygen atoms in total. The summed E-state index contributed by atoms with van der Waals surface area (Å²) in [6.07, 6.45) is 0.362. The van der Waals surface area contributed by atoms with E-state index in [1.165, 1.54) is 12.1 Å². The third-order valence-electron chi connectivity index (χ3n) is 3.23. The van der Waals surface area contributed by atoms with Crippen LogP contribution < -0.4 is 0 Å². The van der Waals surface area contributed by atoms with Crippen LogP contribution in [0.3, 0.4) is 0 Å². The first kappa shape index (κ1) is 15.1. The molecule has 0 heterocycles. The number of halogens is 1. The summed E-state index contributed by atoms with van der Waals surface area (Å²) in [5, 5.41) is 0. The standard InChI is InChI=1S/C18H17FO2/c1-13-2-4-14(5-3-13)10-17(20)12-18(21)11-15-6-8-16(19)9-7-15/h2-9H,10-12H2,1H3. The molecule has 0 aliphatic heterocycles. The highest BCUT2D eigenvalue weighted by Crippen LogP contribution is 2.08. The van der Waals surface area contributed by atoms with Crippen molar-refractivity contribution in [2.75, 3.05) is 0 Å². The number of carbonyl (C=O) groups is 2. The monoisotopic (exact) mass is 284 g/mol. The summed E-state index contributed by atoms with van der Waals surface area (Å²) >= 11 is 0. The maximum Gasteiger partial charge on any atom is 0.144 e. The molecule has 2 aromatic carbocycles. The van der Waals surface area contributed by atoms with Gasteiger partial charge in [0.2, 0.25) is 0 Å². The van der Waals surface area contributed by atoms with Gasteiger partial charge in [0.05, 0.1) is 6.42 Å². The van der Waals surface area contributed by atoms with Crippen LogP contribution in [0.4, 0.5) is 4.39 Å². The van der Waals surface area contributed by atoms with Crippen molar-refractivity contribution in [3.8, 4) is 0 Å². The zero-order valence-corrected chi connectivity index (χ0v) is 11.9. The lowest BCUT2D eigenvalue weighted by atomic mass is 10.0. The van der Waals surface area contributed by atoms with E-state index in [9.17, 15) is 14.0 Å². The Balaban J connectivity index is 1.85. The Morgan fingerprint density at radius 1 is 0.810 bits per heavy atom. The van der Waals surface area contributed by atoms with E-state index in [4.69, 9.17) is 0 Å². The van der Waals surface area contributed by atoms with Crippen molar-refractivity contribution in [1.29, 1.82) is 0 Å². The van der Waals surface area contributed by atoms with Gasteiger partial charge in [-0.25, -0.2) is 4.39 Å². The lowest BCUT2D eigenvalue weighted by Gasteiger charge is -2.03. The molecule has 0 aliphatic carbocycles. The van der Waals surface area contributed by atoms with E-state index in [2.05, 4.69) is 0 Å². The van der Waals surface area contributed by atoms with Crippen LogP contribution in [0.2, 0.25) is 0 Å². The van der Waals surface area contributed by atoms with Crippen molar-refractivity contribution < 1.29 is 14.0 Å². The van der Waals surface area contributed by atoms with E-state index in [0.29, 0.717) is 0 Å². The number of ketones is 2. The Bertz CT molecular complexity index is 570. The average Bonchev–Trinajstić information content (AvgIpc) is 2.44. The van der Waals surface area contributed by atoms with Crippen molar-refractivity contribution >= 4 is 11.6 Å². The fraction of sp³-hybridized carbons (Fsp3) is 0.222. The van der Waals surface area contributed by atoms with Gasteiger partial charge in [-0.2, -0.15) is 0 Å². The van der Waals surface area contributed by atoms with Crippen molar-refractivity contribution in [2.24, 2.45) is 0 Å². The average molecular weight is 284 g/mol. The predicted octanol–water partition coefficient (Wildman–Crippen LogP) is 3.45. The minimum atomic E-state index is -0.332. The number of carbonyl (C=O) groups excluding carboxylic acids is 2. The first-order valence-corrected chi connectivity index (χ1v) is 6.86. The van der Waals surface area contributed by atoms with Gasteiger partial charge in [0, 0.05) is 12.8 Å². The fourth-order valence-electron chi connectivity index (χ4n) is 2.11. The van der Waals surface area contributed by atoms with E-state index in [0.717, 1.165) is 16.7 Å². The highest BCUT2D eigenvalue weighted by molar-refractivity contribution is 6.00. The van der Waals surface area contributed by atoms with Gasteiger partial charge < -0.3 is 0 Å². The Labute approximate surface area is 123 Å². The molecule has 0 unspecified atom stereocenters. The summed E-state index contributed by atoms with van der Waals surface area (Å²) in [4.78, 5) is 23.7. The van der Waals surface area contributed by atoms with Gasteiger partial charge in [-0.15, -0.1) is 0 Å². The largest absolute Gasteiger partial charge is 0.299 e. The topological polar surface area (TPSA) is 34.1 Å². The third-order valence-corrected chi connectivity index (χ3v) is 3.23. The van der Waals surface area contributed by atoms with Crippen LogP contribution in [0.5, 0.6) is 0 Å². The minimum Gasteiger partial charge on any atom is -0.299 e. The number of benzene rings is 2. The molecule has 0 aliphatic rings. The molecule has 2 aromatic rings. The summed E-state index contributed by atoms with van der Waals surface area (Å²) in [6.45, 7) is 1.98. The van der Waals surface area contributed by atoms with E-state index in [-0.39, 0.29) is 36.6 Å². The van der Waals surface area contributed by atoms with Crippen LogP contribution >= 0.6 is 0 Å².